The zero-order chi connectivity index (χ0) is 17.8. The van der Waals surface area contributed by atoms with Crippen LogP contribution in [0.3, 0.4) is 0 Å². The molecule has 1 aromatic heterocycles. The Morgan fingerprint density at radius 1 is 1.28 bits per heavy atom. The maximum atomic E-state index is 12.7. The van der Waals surface area contributed by atoms with Crippen molar-refractivity contribution in [2.75, 3.05) is 13.2 Å². The molecular formula is C19H19IN2O2S. The summed E-state index contributed by atoms with van der Waals surface area (Å²) in [7, 11) is 0. The van der Waals surface area contributed by atoms with E-state index in [0.29, 0.717) is 30.1 Å². The van der Waals surface area contributed by atoms with Gasteiger partial charge < -0.3 is 9.30 Å². The molecule has 6 heteroatoms. The summed E-state index contributed by atoms with van der Waals surface area (Å²) in [6.45, 7) is 5.99. The zero-order valence-corrected chi connectivity index (χ0v) is 17.1. The standard InChI is InChI=1S/C19H19IN2O2S/c1-3-24-11-10-22-16-9-8-13(2)12-17(16)25-19(22)21-18(23)14-6-4-5-7-15(14)20/h4-9,12H,3,10-11H2,1-2H3. The molecule has 0 fully saturated rings. The van der Waals surface area contributed by atoms with Crippen molar-refractivity contribution in [1.29, 1.82) is 0 Å². The first-order chi connectivity index (χ1) is 12.1. The van der Waals surface area contributed by atoms with E-state index in [1.807, 2.05) is 31.2 Å². The Labute approximate surface area is 164 Å². The van der Waals surface area contributed by atoms with Crippen molar-refractivity contribution < 1.29 is 9.53 Å². The van der Waals surface area contributed by atoms with E-state index in [0.717, 1.165) is 13.8 Å². The number of hydrogen-bond acceptors (Lipinski definition) is 3. The second-order valence-electron chi connectivity index (χ2n) is 5.60. The molecular weight excluding hydrogens is 447 g/mol. The van der Waals surface area contributed by atoms with Crippen LogP contribution in [0, 0.1) is 10.5 Å². The Balaban J connectivity index is 2.08. The topological polar surface area (TPSA) is 43.6 Å². The molecule has 0 aliphatic rings. The van der Waals surface area contributed by atoms with Gasteiger partial charge in [-0.2, -0.15) is 4.99 Å². The van der Waals surface area contributed by atoms with Crippen LogP contribution in [0.15, 0.2) is 47.5 Å². The van der Waals surface area contributed by atoms with Crippen LogP contribution in [0.25, 0.3) is 10.2 Å². The number of rotatable bonds is 5. The van der Waals surface area contributed by atoms with Crippen LogP contribution in [0.2, 0.25) is 0 Å². The highest BCUT2D eigenvalue weighted by Crippen LogP contribution is 2.19. The van der Waals surface area contributed by atoms with Gasteiger partial charge in [-0.15, -0.1) is 0 Å². The van der Waals surface area contributed by atoms with Crippen LogP contribution in [0.4, 0.5) is 0 Å². The Bertz CT molecular complexity index is 975. The number of hydrogen-bond donors (Lipinski definition) is 0. The fraction of sp³-hybridized carbons (Fsp3) is 0.263. The number of carbonyl (C=O) groups excluding carboxylic acids is 1. The SMILES string of the molecule is CCOCCn1c(=NC(=O)c2ccccc2I)sc2cc(C)ccc21. The van der Waals surface area contributed by atoms with Gasteiger partial charge in [0.15, 0.2) is 4.80 Å². The fourth-order valence-electron chi connectivity index (χ4n) is 2.56. The number of carbonyl (C=O) groups is 1. The monoisotopic (exact) mass is 466 g/mol. The lowest BCUT2D eigenvalue weighted by atomic mass is 10.2. The van der Waals surface area contributed by atoms with Crippen molar-refractivity contribution in [3.63, 3.8) is 0 Å². The molecule has 0 aliphatic heterocycles. The lowest BCUT2D eigenvalue weighted by Gasteiger charge is -2.05. The van der Waals surface area contributed by atoms with Crippen LogP contribution in [-0.4, -0.2) is 23.7 Å². The van der Waals surface area contributed by atoms with Gasteiger partial charge in [-0.3, -0.25) is 4.79 Å². The van der Waals surface area contributed by atoms with Crippen LogP contribution in [0.5, 0.6) is 0 Å². The van der Waals surface area contributed by atoms with E-state index in [2.05, 4.69) is 57.3 Å². The Morgan fingerprint density at radius 3 is 2.84 bits per heavy atom. The fourth-order valence-corrected chi connectivity index (χ4v) is 4.33. The van der Waals surface area contributed by atoms with Crippen LogP contribution in [0.1, 0.15) is 22.8 Å². The lowest BCUT2D eigenvalue weighted by molar-refractivity contribution is 0.0996. The van der Waals surface area contributed by atoms with E-state index >= 15 is 0 Å². The van der Waals surface area contributed by atoms with Crippen molar-refractivity contribution in [2.45, 2.75) is 20.4 Å². The summed E-state index contributed by atoms with van der Waals surface area (Å²) in [5.41, 5.74) is 2.92. The maximum Gasteiger partial charge on any atom is 0.280 e. The third kappa shape index (κ3) is 4.19. The average Bonchev–Trinajstić information content (AvgIpc) is 2.92. The van der Waals surface area contributed by atoms with Gasteiger partial charge in [-0.05, 0) is 66.3 Å². The summed E-state index contributed by atoms with van der Waals surface area (Å²) in [4.78, 5) is 17.8. The molecule has 0 radical (unpaired) electrons. The Morgan fingerprint density at radius 2 is 2.08 bits per heavy atom. The predicted octanol–water partition coefficient (Wildman–Crippen LogP) is 4.39. The summed E-state index contributed by atoms with van der Waals surface area (Å²) in [6, 6.07) is 13.8. The van der Waals surface area contributed by atoms with Gasteiger partial charge in [0.05, 0.1) is 22.4 Å². The maximum absolute atomic E-state index is 12.7. The van der Waals surface area contributed by atoms with Gasteiger partial charge in [0.2, 0.25) is 0 Å². The van der Waals surface area contributed by atoms with Crippen molar-refractivity contribution in [2.24, 2.45) is 4.99 Å². The molecule has 4 nitrogen and oxygen atoms in total. The molecule has 0 unspecified atom stereocenters. The molecule has 0 bridgehead atoms. The van der Waals surface area contributed by atoms with E-state index < -0.39 is 0 Å². The molecule has 0 atom stereocenters. The molecule has 3 rings (SSSR count). The molecule has 130 valence electrons. The van der Waals surface area contributed by atoms with Gasteiger partial charge in [-0.1, -0.05) is 29.5 Å². The van der Waals surface area contributed by atoms with Gasteiger partial charge in [-0.25, -0.2) is 0 Å². The van der Waals surface area contributed by atoms with E-state index in [4.69, 9.17) is 4.74 Å². The summed E-state index contributed by atoms with van der Waals surface area (Å²) in [5, 5.41) is 0. The van der Waals surface area contributed by atoms with Crippen LogP contribution < -0.4 is 4.80 Å². The van der Waals surface area contributed by atoms with E-state index in [1.54, 1.807) is 11.3 Å². The number of aromatic nitrogens is 1. The average molecular weight is 466 g/mol. The molecule has 3 aromatic rings. The van der Waals surface area contributed by atoms with E-state index in [-0.39, 0.29) is 5.91 Å². The first kappa shape index (κ1) is 18.3. The van der Waals surface area contributed by atoms with Crippen molar-refractivity contribution >= 4 is 50.1 Å². The number of amides is 1. The van der Waals surface area contributed by atoms with E-state index in [9.17, 15) is 4.79 Å². The Hall–Kier alpha value is -1.51. The smallest absolute Gasteiger partial charge is 0.280 e. The first-order valence-corrected chi connectivity index (χ1v) is 10.0. The molecule has 25 heavy (non-hydrogen) atoms. The molecule has 1 heterocycles. The van der Waals surface area contributed by atoms with Gasteiger partial charge in [0.25, 0.3) is 5.91 Å². The number of fused-ring (bicyclic) bond motifs is 1. The number of benzene rings is 2. The number of thiazole rings is 1. The van der Waals surface area contributed by atoms with Crippen molar-refractivity contribution in [3.8, 4) is 0 Å². The summed E-state index contributed by atoms with van der Waals surface area (Å²) < 4.78 is 9.61. The van der Waals surface area contributed by atoms with Gasteiger partial charge in [0.1, 0.15) is 0 Å². The van der Waals surface area contributed by atoms with Crippen LogP contribution >= 0.6 is 33.9 Å². The highest BCUT2D eigenvalue weighted by molar-refractivity contribution is 14.1. The van der Waals surface area contributed by atoms with E-state index in [1.165, 1.54) is 5.56 Å². The summed E-state index contributed by atoms with van der Waals surface area (Å²) in [6.07, 6.45) is 0. The third-order valence-corrected chi connectivity index (χ3v) is 5.78. The highest BCUT2D eigenvalue weighted by Gasteiger charge is 2.11. The quantitative estimate of drug-likeness (QED) is 0.414. The predicted molar refractivity (Wildman–Crippen MR) is 110 cm³/mol. The largest absolute Gasteiger partial charge is 0.380 e. The molecule has 0 saturated carbocycles. The number of nitrogens with zero attached hydrogens (tertiary/aromatic N) is 2. The summed E-state index contributed by atoms with van der Waals surface area (Å²) >= 11 is 3.71. The molecule has 2 aromatic carbocycles. The molecule has 0 aliphatic carbocycles. The Kier molecular flexibility index (Phi) is 6.03. The third-order valence-electron chi connectivity index (χ3n) is 3.80. The second kappa shape index (κ2) is 8.25. The number of halogens is 1. The lowest BCUT2D eigenvalue weighted by Crippen LogP contribution is -2.20. The minimum absolute atomic E-state index is 0.210. The normalized spacial score (nSPS) is 12.0. The number of aryl methyl sites for hydroxylation is 1. The molecule has 0 saturated heterocycles. The summed E-state index contributed by atoms with van der Waals surface area (Å²) in [5.74, 6) is -0.210. The molecule has 0 N–H and O–H groups in total. The van der Waals surface area contributed by atoms with Crippen molar-refractivity contribution in [1.82, 2.24) is 4.57 Å². The van der Waals surface area contributed by atoms with Gasteiger partial charge in [0, 0.05) is 16.7 Å². The highest BCUT2D eigenvalue weighted by atomic mass is 127. The van der Waals surface area contributed by atoms with Crippen LogP contribution in [-0.2, 0) is 11.3 Å². The van der Waals surface area contributed by atoms with Gasteiger partial charge >= 0.3 is 0 Å². The zero-order valence-electron chi connectivity index (χ0n) is 14.2. The first-order valence-electron chi connectivity index (χ1n) is 8.11. The number of ether oxygens (including phenoxy) is 1. The molecule has 0 spiro atoms. The minimum Gasteiger partial charge on any atom is -0.380 e. The second-order valence-corrected chi connectivity index (χ2v) is 7.77. The van der Waals surface area contributed by atoms with Crippen molar-refractivity contribution in [3.05, 3.63) is 62.0 Å². The molecule has 1 amide bonds. The minimum atomic E-state index is -0.210.